The Morgan fingerprint density at radius 3 is 3.00 bits per heavy atom. The number of anilines is 2. The molecule has 0 radical (unpaired) electrons. The van der Waals surface area contributed by atoms with E-state index in [4.69, 9.17) is 9.47 Å². The summed E-state index contributed by atoms with van der Waals surface area (Å²) < 4.78 is 10.6. The van der Waals surface area contributed by atoms with Crippen molar-refractivity contribution in [2.24, 2.45) is 0 Å². The number of carbonyl (C=O) groups excluding carboxylic acids is 1. The van der Waals surface area contributed by atoms with E-state index in [1.807, 2.05) is 36.0 Å². The molecule has 118 valence electrons. The molecular formula is C17H16N2O3S. The highest BCUT2D eigenvalue weighted by atomic mass is 32.2. The van der Waals surface area contributed by atoms with Gasteiger partial charge >= 0.3 is 0 Å². The quantitative estimate of drug-likeness (QED) is 0.939. The molecule has 0 bridgehead atoms. The van der Waals surface area contributed by atoms with Crippen LogP contribution >= 0.6 is 11.8 Å². The van der Waals surface area contributed by atoms with Crippen LogP contribution in [0.1, 0.15) is 0 Å². The van der Waals surface area contributed by atoms with E-state index in [2.05, 4.69) is 22.3 Å². The van der Waals surface area contributed by atoms with Crippen molar-refractivity contribution >= 4 is 29.0 Å². The molecule has 0 unspecified atom stereocenters. The van der Waals surface area contributed by atoms with Gasteiger partial charge in [0.05, 0.1) is 12.2 Å². The number of ether oxygens (including phenoxy) is 2. The predicted octanol–water partition coefficient (Wildman–Crippen LogP) is 2.97. The Balaban J connectivity index is 1.45. The zero-order valence-electron chi connectivity index (χ0n) is 12.5. The van der Waals surface area contributed by atoms with Crippen LogP contribution in [-0.2, 0) is 4.79 Å². The standard InChI is InChI=1S/C17H16N2O3S/c20-17(18-12-5-6-14-15(9-12)22-11-21-14)10-19-7-8-23-16-4-2-1-3-13(16)19/h1-6,9H,7-8,10-11H2,(H,18,20). The zero-order chi connectivity index (χ0) is 15.6. The first-order valence-electron chi connectivity index (χ1n) is 7.46. The number of nitrogens with one attached hydrogen (secondary N) is 1. The molecular weight excluding hydrogens is 312 g/mol. The number of amides is 1. The summed E-state index contributed by atoms with van der Waals surface area (Å²) >= 11 is 1.83. The lowest BCUT2D eigenvalue weighted by atomic mass is 10.2. The molecule has 0 spiro atoms. The maximum Gasteiger partial charge on any atom is 0.243 e. The molecule has 23 heavy (non-hydrogen) atoms. The molecule has 0 fully saturated rings. The number of nitrogens with zero attached hydrogens (tertiary/aromatic N) is 1. The lowest BCUT2D eigenvalue weighted by Crippen LogP contribution is -2.36. The molecule has 2 heterocycles. The molecule has 0 saturated carbocycles. The van der Waals surface area contributed by atoms with Gasteiger partial charge in [-0.2, -0.15) is 0 Å². The molecule has 4 rings (SSSR count). The van der Waals surface area contributed by atoms with Crippen LogP contribution < -0.4 is 19.7 Å². The van der Waals surface area contributed by atoms with E-state index in [9.17, 15) is 4.79 Å². The van der Waals surface area contributed by atoms with Crippen LogP contribution in [-0.4, -0.2) is 31.5 Å². The minimum absolute atomic E-state index is 0.0365. The molecule has 0 saturated heterocycles. The number of fused-ring (bicyclic) bond motifs is 2. The first-order valence-corrected chi connectivity index (χ1v) is 8.44. The van der Waals surface area contributed by atoms with Crippen LogP contribution in [0.2, 0.25) is 0 Å². The minimum Gasteiger partial charge on any atom is -0.454 e. The van der Waals surface area contributed by atoms with Gasteiger partial charge in [-0.05, 0) is 24.3 Å². The van der Waals surface area contributed by atoms with Crippen molar-refractivity contribution in [1.82, 2.24) is 0 Å². The van der Waals surface area contributed by atoms with Gasteiger partial charge in [-0.1, -0.05) is 12.1 Å². The highest BCUT2D eigenvalue weighted by Crippen LogP contribution is 2.35. The summed E-state index contributed by atoms with van der Waals surface area (Å²) in [6.07, 6.45) is 0. The normalized spacial score (nSPS) is 15.2. The molecule has 2 aromatic carbocycles. The Labute approximate surface area is 138 Å². The summed E-state index contributed by atoms with van der Waals surface area (Å²) in [7, 11) is 0. The predicted molar refractivity (Wildman–Crippen MR) is 90.6 cm³/mol. The van der Waals surface area contributed by atoms with Gasteiger partial charge in [0.2, 0.25) is 12.7 Å². The fraction of sp³-hybridized carbons (Fsp3) is 0.235. The second-order valence-electron chi connectivity index (χ2n) is 5.35. The fourth-order valence-electron chi connectivity index (χ4n) is 2.74. The molecule has 0 aromatic heterocycles. The summed E-state index contributed by atoms with van der Waals surface area (Å²) in [6.45, 7) is 1.44. The van der Waals surface area contributed by atoms with E-state index in [0.717, 1.165) is 23.7 Å². The second kappa shape index (κ2) is 6.04. The molecule has 1 amide bonds. The van der Waals surface area contributed by atoms with Crippen molar-refractivity contribution in [1.29, 1.82) is 0 Å². The van der Waals surface area contributed by atoms with Gasteiger partial charge in [0.25, 0.3) is 0 Å². The maximum absolute atomic E-state index is 12.4. The van der Waals surface area contributed by atoms with E-state index < -0.39 is 0 Å². The number of hydrogen-bond acceptors (Lipinski definition) is 5. The zero-order valence-corrected chi connectivity index (χ0v) is 13.3. The minimum atomic E-state index is -0.0365. The van der Waals surface area contributed by atoms with Gasteiger partial charge in [-0.25, -0.2) is 0 Å². The number of para-hydroxylation sites is 1. The van der Waals surface area contributed by atoms with Crippen LogP contribution in [0.3, 0.4) is 0 Å². The van der Waals surface area contributed by atoms with Gasteiger partial charge in [-0.3, -0.25) is 4.79 Å². The van der Waals surface area contributed by atoms with Crippen molar-refractivity contribution in [3.8, 4) is 11.5 Å². The Morgan fingerprint density at radius 1 is 1.17 bits per heavy atom. The van der Waals surface area contributed by atoms with Crippen LogP contribution in [0.25, 0.3) is 0 Å². The molecule has 6 heteroatoms. The Kier molecular flexibility index (Phi) is 3.75. The molecule has 0 atom stereocenters. The van der Waals surface area contributed by atoms with Gasteiger partial charge in [0, 0.05) is 28.9 Å². The molecule has 2 aliphatic heterocycles. The largest absolute Gasteiger partial charge is 0.454 e. The summed E-state index contributed by atoms with van der Waals surface area (Å²) in [5.74, 6) is 2.34. The van der Waals surface area contributed by atoms with Gasteiger partial charge in [-0.15, -0.1) is 11.8 Å². The Morgan fingerprint density at radius 2 is 2.04 bits per heavy atom. The van der Waals surface area contributed by atoms with Crippen molar-refractivity contribution in [3.05, 3.63) is 42.5 Å². The third-order valence-electron chi connectivity index (χ3n) is 3.82. The van der Waals surface area contributed by atoms with Crippen molar-refractivity contribution in [3.63, 3.8) is 0 Å². The lowest BCUT2D eigenvalue weighted by Gasteiger charge is -2.30. The van der Waals surface area contributed by atoms with E-state index >= 15 is 0 Å². The summed E-state index contributed by atoms with van der Waals surface area (Å²) in [5.41, 5.74) is 1.85. The average Bonchev–Trinajstić information content (AvgIpc) is 3.03. The lowest BCUT2D eigenvalue weighted by molar-refractivity contribution is -0.115. The first-order chi connectivity index (χ1) is 11.3. The number of carbonyl (C=O) groups is 1. The number of benzene rings is 2. The third kappa shape index (κ3) is 2.94. The van der Waals surface area contributed by atoms with Crippen molar-refractivity contribution in [2.75, 3.05) is 35.9 Å². The molecule has 5 nitrogen and oxygen atoms in total. The molecule has 1 N–H and O–H groups in total. The van der Waals surface area contributed by atoms with E-state index in [1.54, 1.807) is 6.07 Å². The smallest absolute Gasteiger partial charge is 0.243 e. The maximum atomic E-state index is 12.4. The molecule has 2 aromatic rings. The fourth-order valence-corrected chi connectivity index (χ4v) is 3.79. The van der Waals surface area contributed by atoms with Crippen LogP contribution in [0.4, 0.5) is 11.4 Å². The van der Waals surface area contributed by atoms with Crippen LogP contribution in [0.15, 0.2) is 47.4 Å². The topological polar surface area (TPSA) is 50.8 Å². The Bertz CT molecular complexity index is 750. The van der Waals surface area contributed by atoms with Gasteiger partial charge in [0.1, 0.15) is 0 Å². The number of hydrogen-bond donors (Lipinski definition) is 1. The molecule has 2 aliphatic rings. The van der Waals surface area contributed by atoms with E-state index in [1.165, 1.54) is 4.90 Å². The van der Waals surface area contributed by atoms with Crippen LogP contribution in [0.5, 0.6) is 11.5 Å². The van der Waals surface area contributed by atoms with E-state index in [-0.39, 0.29) is 12.7 Å². The number of rotatable bonds is 3. The first kappa shape index (κ1) is 14.3. The second-order valence-corrected chi connectivity index (χ2v) is 6.49. The van der Waals surface area contributed by atoms with Crippen molar-refractivity contribution < 1.29 is 14.3 Å². The van der Waals surface area contributed by atoms with Gasteiger partial charge in [0.15, 0.2) is 11.5 Å². The highest BCUT2D eigenvalue weighted by molar-refractivity contribution is 7.99. The number of thioether (sulfide) groups is 1. The average molecular weight is 328 g/mol. The molecule has 0 aliphatic carbocycles. The summed E-state index contributed by atoms with van der Waals surface area (Å²) in [5, 5.41) is 2.93. The van der Waals surface area contributed by atoms with Crippen molar-refractivity contribution in [2.45, 2.75) is 4.90 Å². The van der Waals surface area contributed by atoms with Gasteiger partial charge < -0.3 is 19.7 Å². The van der Waals surface area contributed by atoms with Crippen LogP contribution in [0, 0.1) is 0 Å². The van der Waals surface area contributed by atoms with E-state index in [0.29, 0.717) is 18.0 Å². The Hall–Kier alpha value is -2.34. The highest BCUT2D eigenvalue weighted by Gasteiger charge is 2.20. The monoisotopic (exact) mass is 328 g/mol. The summed E-state index contributed by atoms with van der Waals surface area (Å²) in [4.78, 5) is 15.7. The third-order valence-corrected chi connectivity index (χ3v) is 4.86. The summed E-state index contributed by atoms with van der Waals surface area (Å²) in [6, 6.07) is 13.6. The SMILES string of the molecule is O=C(CN1CCSc2ccccc21)Nc1ccc2c(c1)OCO2.